The number of nitrogens with zero attached hydrogens (tertiary/aromatic N) is 1. The second kappa shape index (κ2) is 7.27. The zero-order chi connectivity index (χ0) is 16.9. The van der Waals surface area contributed by atoms with Crippen molar-refractivity contribution >= 4 is 11.9 Å². The number of ether oxygens (including phenoxy) is 1. The smallest absolute Gasteiger partial charge is 0.331 e. The number of carbonyl (C=O) groups excluding carboxylic acids is 1. The highest BCUT2D eigenvalue weighted by molar-refractivity contribution is 5.86. The van der Waals surface area contributed by atoms with Crippen molar-refractivity contribution in [1.29, 1.82) is 0 Å². The zero-order valence-corrected chi connectivity index (χ0v) is 13.2. The Bertz CT molecular complexity index is 729. The highest BCUT2D eigenvalue weighted by atomic mass is 16.5. The molecule has 1 aliphatic rings. The quantitative estimate of drug-likeness (QED) is 0.917. The molecule has 3 rings (SSSR count). The minimum absolute atomic E-state index is 0.124. The summed E-state index contributed by atoms with van der Waals surface area (Å²) in [4.78, 5) is 25.5. The van der Waals surface area contributed by atoms with Crippen molar-refractivity contribution in [2.24, 2.45) is 0 Å². The van der Waals surface area contributed by atoms with Gasteiger partial charge < -0.3 is 14.7 Å². The minimum atomic E-state index is -1.02. The van der Waals surface area contributed by atoms with Crippen LogP contribution in [-0.2, 0) is 27.4 Å². The molecule has 0 saturated carbocycles. The normalized spacial score (nSPS) is 16.5. The van der Waals surface area contributed by atoms with Gasteiger partial charge >= 0.3 is 5.97 Å². The first-order chi connectivity index (χ1) is 11.7. The number of carboxylic acids is 1. The van der Waals surface area contributed by atoms with E-state index in [9.17, 15) is 14.7 Å². The van der Waals surface area contributed by atoms with E-state index in [0.717, 1.165) is 11.1 Å². The van der Waals surface area contributed by atoms with E-state index in [0.29, 0.717) is 25.1 Å². The van der Waals surface area contributed by atoms with Gasteiger partial charge in [-0.25, -0.2) is 4.79 Å². The average molecular weight is 325 g/mol. The molecule has 5 nitrogen and oxygen atoms in total. The van der Waals surface area contributed by atoms with E-state index in [4.69, 9.17) is 4.74 Å². The Kier molecular flexibility index (Phi) is 4.91. The topological polar surface area (TPSA) is 66.8 Å². The second-order valence-electron chi connectivity index (χ2n) is 5.76. The molecular weight excluding hydrogens is 306 g/mol. The van der Waals surface area contributed by atoms with Crippen LogP contribution in [0.2, 0.25) is 0 Å². The Hall–Kier alpha value is -2.66. The third kappa shape index (κ3) is 3.46. The van der Waals surface area contributed by atoms with Crippen LogP contribution in [0.5, 0.6) is 0 Å². The van der Waals surface area contributed by atoms with Gasteiger partial charge in [-0.05, 0) is 23.1 Å². The number of amides is 1. The summed E-state index contributed by atoms with van der Waals surface area (Å²) in [6.07, 6.45) is 0.657. The van der Waals surface area contributed by atoms with Crippen molar-refractivity contribution in [2.45, 2.75) is 19.1 Å². The van der Waals surface area contributed by atoms with E-state index in [1.165, 1.54) is 4.90 Å². The molecule has 0 aliphatic carbocycles. The Balaban J connectivity index is 1.67. The lowest BCUT2D eigenvalue weighted by Gasteiger charge is -2.34. The SMILES string of the molecule is O=C(O)C1c2ccccc2CCN1C(=O)COCc1ccccc1. The van der Waals surface area contributed by atoms with Gasteiger partial charge in [0.15, 0.2) is 6.04 Å². The van der Waals surface area contributed by atoms with Crippen molar-refractivity contribution in [3.8, 4) is 0 Å². The number of fused-ring (bicyclic) bond motifs is 1. The van der Waals surface area contributed by atoms with Crippen LogP contribution in [0.25, 0.3) is 0 Å². The molecule has 1 amide bonds. The number of hydrogen-bond acceptors (Lipinski definition) is 3. The molecule has 2 aromatic carbocycles. The molecule has 0 radical (unpaired) electrons. The Labute approximate surface area is 140 Å². The van der Waals surface area contributed by atoms with Gasteiger partial charge in [-0.1, -0.05) is 54.6 Å². The largest absolute Gasteiger partial charge is 0.479 e. The van der Waals surface area contributed by atoms with Crippen LogP contribution < -0.4 is 0 Å². The number of rotatable bonds is 5. The predicted molar refractivity (Wildman–Crippen MR) is 88.3 cm³/mol. The molecule has 0 fully saturated rings. The van der Waals surface area contributed by atoms with Crippen LogP contribution in [-0.4, -0.2) is 35.0 Å². The molecular formula is C19H19NO4. The lowest BCUT2D eigenvalue weighted by molar-refractivity contribution is -0.153. The molecule has 1 unspecified atom stereocenters. The maximum atomic E-state index is 12.5. The van der Waals surface area contributed by atoms with Crippen LogP contribution >= 0.6 is 0 Å². The van der Waals surface area contributed by atoms with Gasteiger partial charge in [-0.15, -0.1) is 0 Å². The molecule has 0 spiro atoms. The second-order valence-corrected chi connectivity index (χ2v) is 5.76. The summed E-state index contributed by atoms with van der Waals surface area (Å²) in [6.45, 7) is 0.594. The van der Waals surface area contributed by atoms with Crippen LogP contribution in [0, 0.1) is 0 Å². The van der Waals surface area contributed by atoms with Crippen molar-refractivity contribution in [3.63, 3.8) is 0 Å². The molecule has 0 aromatic heterocycles. The summed E-state index contributed by atoms with van der Waals surface area (Å²) in [6, 6.07) is 16.0. The van der Waals surface area contributed by atoms with E-state index in [1.54, 1.807) is 12.1 Å². The molecule has 0 saturated heterocycles. The van der Waals surface area contributed by atoms with Crippen molar-refractivity contribution in [3.05, 3.63) is 71.3 Å². The first-order valence-electron chi connectivity index (χ1n) is 7.88. The number of carboxylic acid groups (broad SMARTS) is 1. The number of aliphatic carboxylic acids is 1. The van der Waals surface area contributed by atoms with E-state index < -0.39 is 12.0 Å². The van der Waals surface area contributed by atoms with Gasteiger partial charge in [0.2, 0.25) is 5.91 Å². The molecule has 1 N–H and O–H groups in total. The van der Waals surface area contributed by atoms with E-state index >= 15 is 0 Å². The Morgan fingerprint density at radius 3 is 2.54 bits per heavy atom. The number of carbonyl (C=O) groups is 2. The Morgan fingerprint density at radius 2 is 1.79 bits per heavy atom. The van der Waals surface area contributed by atoms with Crippen molar-refractivity contribution in [2.75, 3.05) is 13.2 Å². The highest BCUT2D eigenvalue weighted by Crippen LogP contribution is 2.30. The van der Waals surface area contributed by atoms with Crippen molar-refractivity contribution < 1.29 is 19.4 Å². The minimum Gasteiger partial charge on any atom is -0.479 e. The summed E-state index contributed by atoms with van der Waals surface area (Å²) in [5.41, 5.74) is 2.65. The van der Waals surface area contributed by atoms with Crippen LogP contribution in [0.3, 0.4) is 0 Å². The van der Waals surface area contributed by atoms with Gasteiger partial charge in [-0.2, -0.15) is 0 Å². The summed E-state index contributed by atoms with van der Waals surface area (Å²) in [5.74, 6) is -1.31. The molecule has 1 atom stereocenters. The van der Waals surface area contributed by atoms with Crippen LogP contribution in [0.15, 0.2) is 54.6 Å². The molecule has 124 valence electrons. The van der Waals surface area contributed by atoms with Gasteiger partial charge in [0.05, 0.1) is 6.61 Å². The van der Waals surface area contributed by atoms with Crippen molar-refractivity contribution in [1.82, 2.24) is 4.90 Å². The molecule has 1 aliphatic heterocycles. The summed E-state index contributed by atoms with van der Waals surface area (Å²) in [7, 11) is 0. The molecule has 24 heavy (non-hydrogen) atoms. The van der Waals surface area contributed by atoms with Gasteiger partial charge in [-0.3, -0.25) is 4.79 Å². The maximum Gasteiger partial charge on any atom is 0.331 e. The summed E-state index contributed by atoms with van der Waals surface area (Å²) in [5, 5.41) is 9.57. The maximum absolute atomic E-state index is 12.5. The van der Waals surface area contributed by atoms with Gasteiger partial charge in [0.25, 0.3) is 0 Å². The first kappa shape index (κ1) is 16.2. The predicted octanol–water partition coefficient (Wildman–Crippen LogP) is 2.41. The zero-order valence-electron chi connectivity index (χ0n) is 13.2. The fourth-order valence-electron chi connectivity index (χ4n) is 3.01. The highest BCUT2D eigenvalue weighted by Gasteiger charge is 2.35. The Morgan fingerprint density at radius 1 is 1.08 bits per heavy atom. The lowest BCUT2D eigenvalue weighted by Crippen LogP contribution is -2.45. The lowest BCUT2D eigenvalue weighted by atomic mass is 9.92. The van der Waals surface area contributed by atoms with Crippen LogP contribution in [0.4, 0.5) is 0 Å². The standard InChI is InChI=1S/C19H19NO4/c21-17(13-24-12-14-6-2-1-3-7-14)20-11-10-15-8-4-5-9-16(15)18(20)19(22)23/h1-9,18H,10-13H2,(H,22,23). The monoisotopic (exact) mass is 325 g/mol. The van der Waals surface area contributed by atoms with Gasteiger partial charge in [0, 0.05) is 6.54 Å². The molecule has 1 heterocycles. The third-order valence-corrected chi connectivity index (χ3v) is 4.17. The fraction of sp³-hybridized carbons (Fsp3) is 0.263. The summed E-state index contributed by atoms with van der Waals surface area (Å²) < 4.78 is 5.47. The van der Waals surface area contributed by atoms with Gasteiger partial charge in [0.1, 0.15) is 6.61 Å². The third-order valence-electron chi connectivity index (χ3n) is 4.17. The molecule has 0 bridgehead atoms. The molecule has 2 aromatic rings. The molecule has 5 heteroatoms. The van der Waals surface area contributed by atoms with E-state index in [2.05, 4.69) is 0 Å². The van der Waals surface area contributed by atoms with E-state index in [1.807, 2.05) is 42.5 Å². The fourth-order valence-corrected chi connectivity index (χ4v) is 3.01. The average Bonchev–Trinajstić information content (AvgIpc) is 2.61. The van der Waals surface area contributed by atoms with Crippen LogP contribution in [0.1, 0.15) is 22.7 Å². The summed E-state index contributed by atoms with van der Waals surface area (Å²) >= 11 is 0. The number of hydrogen-bond donors (Lipinski definition) is 1. The first-order valence-corrected chi connectivity index (χ1v) is 7.88. The number of benzene rings is 2. The van der Waals surface area contributed by atoms with E-state index in [-0.39, 0.29) is 12.5 Å².